The molecule has 0 amide bonds. The molecule has 18 heavy (non-hydrogen) atoms. The quantitative estimate of drug-likeness (QED) is 0.701. The second kappa shape index (κ2) is 4.16. The van der Waals surface area contributed by atoms with Crippen LogP contribution in [0.2, 0.25) is 0 Å². The van der Waals surface area contributed by atoms with Crippen molar-refractivity contribution in [3.63, 3.8) is 0 Å². The number of nitrogens with two attached hydrogens (primary N) is 1. The van der Waals surface area contributed by atoms with Crippen molar-refractivity contribution >= 4 is 17.2 Å². The summed E-state index contributed by atoms with van der Waals surface area (Å²) in [5.41, 5.74) is 8.85. The van der Waals surface area contributed by atoms with E-state index in [0.29, 0.717) is 11.1 Å². The number of carbonyl (C=O) groups is 1. The van der Waals surface area contributed by atoms with Gasteiger partial charge in [0.1, 0.15) is 0 Å². The summed E-state index contributed by atoms with van der Waals surface area (Å²) in [6, 6.07) is 14.7. The molecule has 0 spiro atoms. The Balaban J connectivity index is 1.95. The van der Waals surface area contributed by atoms with Crippen LogP contribution in [0, 0.1) is 0 Å². The molecule has 1 atom stereocenters. The minimum absolute atomic E-state index is 0.0145. The lowest BCUT2D eigenvalue weighted by atomic mass is 10.0. The van der Waals surface area contributed by atoms with E-state index in [1.807, 2.05) is 42.5 Å². The molecule has 0 saturated carbocycles. The molecule has 4 heteroatoms. The van der Waals surface area contributed by atoms with Gasteiger partial charge in [0.2, 0.25) is 0 Å². The second-order valence-corrected chi connectivity index (χ2v) is 4.22. The summed E-state index contributed by atoms with van der Waals surface area (Å²) in [6.07, 6.45) is -0.290. The van der Waals surface area contributed by atoms with E-state index >= 15 is 0 Å². The second-order valence-electron chi connectivity index (χ2n) is 4.22. The highest BCUT2D eigenvalue weighted by molar-refractivity contribution is 6.10. The molecule has 1 aliphatic rings. The molecule has 4 N–H and O–H groups in total. The molecule has 0 fully saturated rings. The third-order valence-electron chi connectivity index (χ3n) is 2.94. The normalized spacial score (nSPS) is 16.6. The lowest BCUT2D eigenvalue weighted by molar-refractivity contribution is 0.103. The van der Waals surface area contributed by atoms with E-state index < -0.39 is 0 Å². The Hall–Kier alpha value is -2.33. The summed E-state index contributed by atoms with van der Waals surface area (Å²) in [4.78, 5) is 12.2. The standard InChI is InChI=1S/C14H13N3O/c15-14-16-11-7-6-10(8-12(11)17-14)13(18)9-4-2-1-3-5-9/h1-8,14,16-17H,15H2. The first-order valence-electron chi connectivity index (χ1n) is 5.76. The van der Waals surface area contributed by atoms with E-state index in [-0.39, 0.29) is 12.1 Å². The molecule has 4 nitrogen and oxygen atoms in total. The Labute approximate surface area is 105 Å². The van der Waals surface area contributed by atoms with Crippen LogP contribution < -0.4 is 16.4 Å². The van der Waals surface area contributed by atoms with Crippen molar-refractivity contribution in [2.24, 2.45) is 5.73 Å². The molecule has 0 radical (unpaired) electrons. The van der Waals surface area contributed by atoms with E-state index in [4.69, 9.17) is 5.73 Å². The van der Waals surface area contributed by atoms with Crippen LogP contribution in [0.1, 0.15) is 15.9 Å². The number of nitrogens with one attached hydrogen (secondary N) is 2. The van der Waals surface area contributed by atoms with E-state index in [1.54, 1.807) is 6.07 Å². The van der Waals surface area contributed by atoms with Gasteiger partial charge in [-0.1, -0.05) is 30.3 Å². The molecule has 1 aliphatic heterocycles. The summed E-state index contributed by atoms with van der Waals surface area (Å²) in [5.74, 6) is 0.0145. The molecule has 1 unspecified atom stereocenters. The van der Waals surface area contributed by atoms with Crippen LogP contribution >= 0.6 is 0 Å². The van der Waals surface area contributed by atoms with Crippen LogP contribution in [0.3, 0.4) is 0 Å². The number of hydrogen-bond donors (Lipinski definition) is 3. The van der Waals surface area contributed by atoms with Gasteiger partial charge < -0.3 is 10.6 Å². The van der Waals surface area contributed by atoms with Gasteiger partial charge in [-0.05, 0) is 18.2 Å². The maximum absolute atomic E-state index is 12.2. The van der Waals surface area contributed by atoms with Crippen LogP contribution in [0.25, 0.3) is 0 Å². The number of fused-ring (bicyclic) bond motifs is 1. The van der Waals surface area contributed by atoms with E-state index in [2.05, 4.69) is 10.6 Å². The largest absolute Gasteiger partial charge is 0.352 e. The first-order valence-corrected chi connectivity index (χ1v) is 5.76. The van der Waals surface area contributed by atoms with Crippen LogP contribution in [0.4, 0.5) is 11.4 Å². The highest BCUT2D eigenvalue weighted by Crippen LogP contribution is 2.29. The highest BCUT2D eigenvalue weighted by atomic mass is 16.1. The van der Waals surface area contributed by atoms with E-state index in [9.17, 15) is 4.79 Å². The maximum Gasteiger partial charge on any atom is 0.193 e. The van der Waals surface area contributed by atoms with Gasteiger partial charge in [-0.2, -0.15) is 0 Å². The number of hydrogen-bond acceptors (Lipinski definition) is 4. The lowest BCUT2D eigenvalue weighted by Gasteiger charge is -2.04. The van der Waals surface area contributed by atoms with Crippen LogP contribution in [-0.4, -0.2) is 12.1 Å². The number of ketones is 1. The molecular weight excluding hydrogens is 226 g/mol. The predicted molar refractivity (Wildman–Crippen MR) is 71.5 cm³/mol. The fourth-order valence-corrected chi connectivity index (χ4v) is 2.06. The van der Waals surface area contributed by atoms with Crippen molar-refractivity contribution < 1.29 is 4.79 Å². The number of anilines is 2. The molecule has 2 aromatic carbocycles. The van der Waals surface area contributed by atoms with Gasteiger partial charge in [0.15, 0.2) is 12.1 Å². The molecule has 3 rings (SSSR count). The predicted octanol–water partition coefficient (Wildman–Crippen LogP) is 2.00. The third-order valence-corrected chi connectivity index (χ3v) is 2.94. The van der Waals surface area contributed by atoms with Crippen molar-refractivity contribution in [1.82, 2.24) is 0 Å². The van der Waals surface area contributed by atoms with Crippen molar-refractivity contribution in [3.05, 3.63) is 59.7 Å². The van der Waals surface area contributed by atoms with Gasteiger partial charge >= 0.3 is 0 Å². The summed E-state index contributed by atoms with van der Waals surface area (Å²) in [5, 5.41) is 6.12. The number of rotatable bonds is 2. The zero-order valence-corrected chi connectivity index (χ0v) is 9.68. The average Bonchev–Trinajstić information content (AvgIpc) is 2.78. The highest BCUT2D eigenvalue weighted by Gasteiger charge is 2.18. The van der Waals surface area contributed by atoms with Crippen molar-refractivity contribution in [3.8, 4) is 0 Å². The van der Waals surface area contributed by atoms with E-state index in [1.165, 1.54) is 0 Å². The molecule has 0 aliphatic carbocycles. The summed E-state index contributed by atoms with van der Waals surface area (Å²) in [7, 11) is 0. The Morgan fingerprint density at radius 3 is 2.44 bits per heavy atom. The number of benzene rings is 2. The maximum atomic E-state index is 12.2. The van der Waals surface area contributed by atoms with Crippen molar-refractivity contribution in [2.75, 3.05) is 10.6 Å². The average molecular weight is 239 g/mol. The number of carbonyl (C=O) groups excluding carboxylic acids is 1. The minimum atomic E-state index is -0.290. The zero-order chi connectivity index (χ0) is 12.5. The molecule has 0 bridgehead atoms. The monoisotopic (exact) mass is 239 g/mol. The fraction of sp³-hybridized carbons (Fsp3) is 0.0714. The zero-order valence-electron chi connectivity index (χ0n) is 9.68. The molecule has 90 valence electrons. The molecule has 2 aromatic rings. The van der Waals surface area contributed by atoms with Crippen molar-refractivity contribution in [1.29, 1.82) is 0 Å². The Morgan fingerprint density at radius 1 is 0.944 bits per heavy atom. The smallest absolute Gasteiger partial charge is 0.193 e. The summed E-state index contributed by atoms with van der Waals surface area (Å²) in [6.45, 7) is 0. The van der Waals surface area contributed by atoms with Crippen molar-refractivity contribution in [2.45, 2.75) is 6.29 Å². The van der Waals surface area contributed by atoms with Gasteiger partial charge in [0.25, 0.3) is 0 Å². The van der Waals surface area contributed by atoms with Gasteiger partial charge in [0.05, 0.1) is 11.4 Å². The SMILES string of the molecule is NC1Nc2ccc(C(=O)c3ccccc3)cc2N1. The Bertz CT molecular complexity index is 595. The van der Waals surface area contributed by atoms with Gasteiger partial charge in [-0.25, -0.2) is 0 Å². The first kappa shape index (κ1) is 10.8. The van der Waals surface area contributed by atoms with Crippen LogP contribution in [-0.2, 0) is 0 Å². The van der Waals surface area contributed by atoms with Gasteiger partial charge in [-0.15, -0.1) is 0 Å². The molecule has 0 aromatic heterocycles. The molecule has 0 saturated heterocycles. The van der Waals surface area contributed by atoms with Crippen LogP contribution in [0.5, 0.6) is 0 Å². The minimum Gasteiger partial charge on any atom is -0.352 e. The van der Waals surface area contributed by atoms with E-state index in [0.717, 1.165) is 11.4 Å². The van der Waals surface area contributed by atoms with Gasteiger partial charge in [0, 0.05) is 11.1 Å². The Morgan fingerprint density at radius 2 is 1.67 bits per heavy atom. The third kappa shape index (κ3) is 1.83. The molecule has 1 heterocycles. The first-order chi connectivity index (χ1) is 8.74. The lowest BCUT2D eigenvalue weighted by Crippen LogP contribution is -2.31. The Kier molecular flexibility index (Phi) is 2.50. The topological polar surface area (TPSA) is 67.1 Å². The summed E-state index contributed by atoms with van der Waals surface area (Å²) < 4.78 is 0. The van der Waals surface area contributed by atoms with Crippen LogP contribution in [0.15, 0.2) is 48.5 Å². The fourth-order valence-electron chi connectivity index (χ4n) is 2.06. The van der Waals surface area contributed by atoms with Gasteiger partial charge in [-0.3, -0.25) is 10.5 Å². The summed E-state index contributed by atoms with van der Waals surface area (Å²) >= 11 is 0. The molecular formula is C14H13N3O.